The summed E-state index contributed by atoms with van der Waals surface area (Å²) in [7, 11) is 0. The highest BCUT2D eigenvalue weighted by molar-refractivity contribution is 5.73. The number of carbonyl (C=O) groups is 2. The molecule has 0 aliphatic rings. The maximum absolute atomic E-state index is 10.7. The number of hydrogen-bond donors (Lipinski definition) is 2. The zero-order chi connectivity index (χ0) is 32.0. The zero-order valence-corrected chi connectivity index (χ0v) is 29.8. The summed E-state index contributed by atoms with van der Waals surface area (Å²) in [5.41, 5.74) is 10.4. The van der Waals surface area contributed by atoms with Crippen molar-refractivity contribution in [3.05, 3.63) is 0 Å². The molecule has 0 aromatic rings. The minimum absolute atomic E-state index is 0.151. The molecule has 0 unspecified atom stereocenters. The summed E-state index contributed by atoms with van der Waals surface area (Å²) in [5, 5.41) is 0. The molecule has 0 rings (SSSR count). The second kappa shape index (κ2) is 38.1. The third kappa shape index (κ3) is 40.9. The molecule has 0 aromatic carbocycles. The lowest BCUT2D eigenvalue weighted by atomic mass is 10.0. The second-order valence-corrected chi connectivity index (χ2v) is 14.2. The molecule has 262 valence electrons. The van der Waals surface area contributed by atoms with Crippen molar-refractivity contribution in [3.8, 4) is 0 Å². The highest BCUT2D eigenvalue weighted by Gasteiger charge is 1.99. The Balaban J connectivity index is 3.05. The Hall–Kier alpha value is -1.06. The number of hydrogen-bond acceptors (Lipinski definition) is 2. The Kier molecular flexibility index (Phi) is 37.2. The van der Waals surface area contributed by atoms with Crippen LogP contribution in [-0.4, -0.2) is 11.8 Å². The molecule has 4 N–H and O–H groups in total. The summed E-state index contributed by atoms with van der Waals surface area (Å²) >= 11 is 0. The van der Waals surface area contributed by atoms with E-state index < -0.39 is 0 Å². The fourth-order valence-electron chi connectivity index (χ4n) is 6.61. The van der Waals surface area contributed by atoms with Crippen LogP contribution in [0.3, 0.4) is 0 Å². The molecule has 0 saturated heterocycles. The van der Waals surface area contributed by atoms with Gasteiger partial charge in [0, 0.05) is 12.8 Å². The number of rotatable bonds is 39. The molecule has 4 heteroatoms. The first-order chi connectivity index (χ1) is 21.6. The predicted octanol–water partition coefficient (Wildman–Crippen LogP) is 12.8. The lowest BCUT2D eigenvalue weighted by Crippen LogP contribution is -2.09. The molecule has 2 amide bonds. The number of unbranched alkanes of at least 4 members (excludes halogenated alkanes) is 35. The van der Waals surface area contributed by atoms with Crippen LogP contribution >= 0.6 is 0 Å². The average molecular weight is 621 g/mol. The van der Waals surface area contributed by atoms with Crippen LogP contribution in [-0.2, 0) is 9.59 Å². The van der Waals surface area contributed by atoms with E-state index in [1.807, 2.05) is 0 Å². The summed E-state index contributed by atoms with van der Waals surface area (Å²) in [6.07, 6.45) is 50.9. The predicted molar refractivity (Wildman–Crippen MR) is 194 cm³/mol. The quantitative estimate of drug-likeness (QED) is 0.0670. The van der Waals surface area contributed by atoms with Crippen LogP contribution < -0.4 is 11.5 Å². The van der Waals surface area contributed by atoms with Gasteiger partial charge in [0.15, 0.2) is 0 Å². The lowest BCUT2D eigenvalue weighted by molar-refractivity contribution is -0.119. The maximum Gasteiger partial charge on any atom is 0.217 e. The Morgan fingerprint density at radius 1 is 0.205 bits per heavy atom. The Morgan fingerprint density at radius 3 is 0.386 bits per heavy atom. The largest absolute Gasteiger partial charge is 0.370 e. The molecule has 0 fully saturated rings. The van der Waals surface area contributed by atoms with Gasteiger partial charge in [0.05, 0.1) is 0 Å². The second-order valence-electron chi connectivity index (χ2n) is 14.2. The van der Waals surface area contributed by atoms with Gasteiger partial charge in [0.2, 0.25) is 11.8 Å². The summed E-state index contributed by atoms with van der Waals surface area (Å²) < 4.78 is 0. The highest BCUT2D eigenvalue weighted by atomic mass is 16.1. The first-order valence-electron chi connectivity index (χ1n) is 20.2. The molecule has 0 aromatic heterocycles. The number of amides is 2. The van der Waals surface area contributed by atoms with Crippen molar-refractivity contribution in [2.75, 3.05) is 0 Å². The molecule has 44 heavy (non-hydrogen) atoms. The van der Waals surface area contributed by atoms with Gasteiger partial charge in [-0.15, -0.1) is 0 Å². The van der Waals surface area contributed by atoms with Crippen molar-refractivity contribution >= 4 is 11.8 Å². The lowest BCUT2D eigenvalue weighted by Gasteiger charge is -2.05. The standard InChI is InChI=1S/C40H80N2O2/c41-39(43)37-35-33-31-29-27-25-23-21-19-17-15-13-11-9-7-5-3-1-2-4-6-8-10-12-14-16-18-20-22-24-26-28-30-32-34-36-38-40(42)44/h1-38H2,(H2,41,43)(H2,42,44). The van der Waals surface area contributed by atoms with Gasteiger partial charge in [-0.1, -0.05) is 218 Å². The van der Waals surface area contributed by atoms with Gasteiger partial charge in [-0.25, -0.2) is 0 Å². The van der Waals surface area contributed by atoms with E-state index in [-0.39, 0.29) is 11.8 Å². The van der Waals surface area contributed by atoms with Gasteiger partial charge < -0.3 is 11.5 Å². The summed E-state index contributed by atoms with van der Waals surface area (Å²) in [6, 6.07) is 0. The molecule has 4 nitrogen and oxygen atoms in total. The highest BCUT2D eigenvalue weighted by Crippen LogP contribution is 2.17. The molecule has 0 bridgehead atoms. The van der Waals surface area contributed by atoms with Gasteiger partial charge in [0.1, 0.15) is 0 Å². The van der Waals surface area contributed by atoms with Crippen LogP contribution in [0.2, 0.25) is 0 Å². The van der Waals surface area contributed by atoms with E-state index >= 15 is 0 Å². The monoisotopic (exact) mass is 621 g/mol. The molecular formula is C40H80N2O2. The van der Waals surface area contributed by atoms with E-state index in [2.05, 4.69) is 0 Å². The first kappa shape index (κ1) is 42.9. The van der Waals surface area contributed by atoms with Crippen LogP contribution in [0, 0.1) is 0 Å². The molecule has 0 atom stereocenters. The fourth-order valence-corrected chi connectivity index (χ4v) is 6.61. The number of primary amides is 2. The average Bonchev–Trinajstić information content (AvgIpc) is 3.00. The number of nitrogens with two attached hydrogens (primary N) is 2. The topological polar surface area (TPSA) is 86.2 Å². The minimum atomic E-state index is -0.151. The minimum Gasteiger partial charge on any atom is -0.370 e. The molecule has 0 saturated carbocycles. The van der Waals surface area contributed by atoms with Crippen molar-refractivity contribution in [2.45, 2.75) is 244 Å². The van der Waals surface area contributed by atoms with Crippen molar-refractivity contribution in [3.63, 3.8) is 0 Å². The molecule has 0 heterocycles. The van der Waals surface area contributed by atoms with Gasteiger partial charge in [-0.3, -0.25) is 9.59 Å². The van der Waals surface area contributed by atoms with Gasteiger partial charge in [-0.05, 0) is 12.8 Å². The van der Waals surface area contributed by atoms with Crippen LogP contribution in [0.5, 0.6) is 0 Å². The van der Waals surface area contributed by atoms with Crippen LogP contribution in [0.15, 0.2) is 0 Å². The number of carbonyl (C=O) groups excluding carboxylic acids is 2. The van der Waals surface area contributed by atoms with E-state index in [1.165, 1.54) is 205 Å². The smallest absolute Gasteiger partial charge is 0.217 e. The van der Waals surface area contributed by atoms with E-state index in [9.17, 15) is 9.59 Å². The first-order valence-corrected chi connectivity index (χ1v) is 20.2. The Morgan fingerprint density at radius 2 is 0.295 bits per heavy atom. The molecule has 0 aliphatic heterocycles. The van der Waals surface area contributed by atoms with Crippen LogP contribution in [0.4, 0.5) is 0 Å². The van der Waals surface area contributed by atoms with Crippen LogP contribution in [0.1, 0.15) is 244 Å². The van der Waals surface area contributed by atoms with E-state index in [0.717, 1.165) is 25.7 Å². The van der Waals surface area contributed by atoms with Crippen molar-refractivity contribution < 1.29 is 9.59 Å². The molecule has 0 spiro atoms. The zero-order valence-electron chi connectivity index (χ0n) is 29.8. The van der Waals surface area contributed by atoms with Gasteiger partial charge in [-0.2, -0.15) is 0 Å². The summed E-state index contributed by atoms with van der Waals surface area (Å²) in [4.78, 5) is 21.4. The van der Waals surface area contributed by atoms with Crippen molar-refractivity contribution in [1.82, 2.24) is 0 Å². The molecule has 0 aliphatic carbocycles. The Bertz CT molecular complexity index is 530. The van der Waals surface area contributed by atoms with Crippen molar-refractivity contribution in [2.24, 2.45) is 11.5 Å². The van der Waals surface area contributed by atoms with Crippen LogP contribution in [0.25, 0.3) is 0 Å². The fraction of sp³-hybridized carbons (Fsp3) is 0.950. The third-order valence-electron chi connectivity index (χ3n) is 9.60. The molecular weight excluding hydrogens is 540 g/mol. The van der Waals surface area contributed by atoms with E-state index in [4.69, 9.17) is 11.5 Å². The van der Waals surface area contributed by atoms with E-state index in [0.29, 0.717) is 12.8 Å². The summed E-state index contributed by atoms with van der Waals surface area (Å²) in [5.74, 6) is -0.303. The third-order valence-corrected chi connectivity index (χ3v) is 9.60. The van der Waals surface area contributed by atoms with Gasteiger partial charge in [0.25, 0.3) is 0 Å². The van der Waals surface area contributed by atoms with Crippen molar-refractivity contribution in [1.29, 1.82) is 0 Å². The van der Waals surface area contributed by atoms with Gasteiger partial charge >= 0.3 is 0 Å². The Labute approximate surface area is 276 Å². The maximum atomic E-state index is 10.7. The summed E-state index contributed by atoms with van der Waals surface area (Å²) in [6.45, 7) is 0. The van der Waals surface area contributed by atoms with E-state index in [1.54, 1.807) is 0 Å². The molecule has 0 radical (unpaired) electrons. The normalized spacial score (nSPS) is 11.4. The SMILES string of the molecule is NC(=O)CCCCCCCCCCCCCCCCCCCCCCCCCCCCCCCCCCCCCCC(N)=O.